The fourth-order valence-electron chi connectivity index (χ4n) is 2.96. The van der Waals surface area contributed by atoms with E-state index >= 15 is 0 Å². The van der Waals surface area contributed by atoms with E-state index in [2.05, 4.69) is 0 Å². The molecule has 29 heavy (non-hydrogen) atoms. The lowest BCUT2D eigenvalue weighted by atomic mass is 10.1. The van der Waals surface area contributed by atoms with Crippen LogP contribution in [0.15, 0.2) is 30.3 Å². The topological polar surface area (TPSA) is 32.1 Å². The van der Waals surface area contributed by atoms with Crippen LogP contribution >= 0.6 is 0 Å². The molecular formula is C21H22F4NO3+. The van der Waals surface area contributed by atoms with Gasteiger partial charge in [-0.05, 0) is 43.3 Å². The molecule has 156 valence electrons. The van der Waals surface area contributed by atoms with Crippen molar-refractivity contribution in [1.29, 1.82) is 0 Å². The van der Waals surface area contributed by atoms with Crippen LogP contribution in [0.25, 0.3) is 6.08 Å². The Kier molecular flexibility index (Phi) is 7.11. The lowest BCUT2D eigenvalue weighted by molar-refractivity contribution is -0.902. The number of morpholine rings is 1. The highest BCUT2D eigenvalue weighted by Crippen LogP contribution is 2.34. The van der Waals surface area contributed by atoms with Gasteiger partial charge in [-0.3, -0.25) is 0 Å². The molecule has 4 nitrogen and oxygen atoms in total. The average Bonchev–Trinajstić information content (AvgIpc) is 2.74. The molecule has 0 saturated carbocycles. The summed E-state index contributed by atoms with van der Waals surface area (Å²) < 4.78 is 73.1. The molecule has 0 spiro atoms. The Balaban J connectivity index is 1.79. The second-order valence-corrected chi connectivity index (χ2v) is 6.47. The van der Waals surface area contributed by atoms with Crippen LogP contribution in [-0.4, -0.2) is 39.5 Å². The summed E-state index contributed by atoms with van der Waals surface area (Å²) in [5.74, 6) is -6.76. The van der Waals surface area contributed by atoms with Crippen LogP contribution in [-0.2, 0) is 4.74 Å². The van der Waals surface area contributed by atoms with Gasteiger partial charge in [-0.15, -0.1) is 0 Å². The zero-order chi connectivity index (χ0) is 20.8. The molecule has 0 amide bonds. The summed E-state index contributed by atoms with van der Waals surface area (Å²) in [6.45, 7) is 5.44. The van der Waals surface area contributed by atoms with Gasteiger partial charge in [0.25, 0.3) is 0 Å². The van der Waals surface area contributed by atoms with Gasteiger partial charge in [0.2, 0.25) is 17.4 Å². The Labute approximate surface area is 166 Å². The lowest BCUT2D eigenvalue weighted by Crippen LogP contribution is -3.13. The predicted molar refractivity (Wildman–Crippen MR) is 99.4 cm³/mol. The molecule has 0 bridgehead atoms. The van der Waals surface area contributed by atoms with Crippen molar-refractivity contribution in [2.45, 2.75) is 6.92 Å². The molecule has 0 unspecified atom stereocenters. The molecule has 2 aromatic carbocycles. The van der Waals surface area contributed by atoms with Crippen molar-refractivity contribution in [3.8, 4) is 17.2 Å². The lowest BCUT2D eigenvalue weighted by Gasteiger charge is -2.22. The fraction of sp³-hybridized carbons (Fsp3) is 0.333. The minimum atomic E-state index is -1.59. The number of hydrogen-bond donors (Lipinski definition) is 1. The van der Waals surface area contributed by atoms with Gasteiger partial charge in [0.1, 0.15) is 24.6 Å². The highest BCUT2D eigenvalue weighted by atomic mass is 19.2. The van der Waals surface area contributed by atoms with Crippen LogP contribution in [0.2, 0.25) is 0 Å². The third kappa shape index (κ3) is 5.07. The number of nitrogens with one attached hydrogen (secondary N) is 1. The Morgan fingerprint density at radius 2 is 1.52 bits per heavy atom. The van der Waals surface area contributed by atoms with E-state index in [1.165, 1.54) is 30.3 Å². The second kappa shape index (κ2) is 9.76. The van der Waals surface area contributed by atoms with Gasteiger partial charge < -0.3 is 19.1 Å². The van der Waals surface area contributed by atoms with Crippen LogP contribution in [0.4, 0.5) is 17.6 Å². The molecule has 1 N–H and O–H groups in total. The smallest absolute Gasteiger partial charge is 0.205 e. The van der Waals surface area contributed by atoms with E-state index < -0.39 is 34.6 Å². The van der Waals surface area contributed by atoms with E-state index in [-0.39, 0.29) is 5.75 Å². The first kappa shape index (κ1) is 21.1. The van der Waals surface area contributed by atoms with Crippen molar-refractivity contribution in [2.75, 3.05) is 39.5 Å². The fourth-order valence-corrected chi connectivity index (χ4v) is 2.96. The van der Waals surface area contributed by atoms with Gasteiger partial charge in [0, 0.05) is 0 Å². The van der Waals surface area contributed by atoms with Crippen LogP contribution in [0.5, 0.6) is 17.2 Å². The molecule has 2 aromatic rings. The van der Waals surface area contributed by atoms with E-state index in [9.17, 15) is 17.6 Å². The van der Waals surface area contributed by atoms with Crippen molar-refractivity contribution in [2.24, 2.45) is 0 Å². The molecule has 1 heterocycles. The van der Waals surface area contributed by atoms with Gasteiger partial charge in [-0.25, -0.2) is 8.78 Å². The van der Waals surface area contributed by atoms with Crippen LogP contribution in [0.3, 0.4) is 0 Å². The summed E-state index contributed by atoms with van der Waals surface area (Å²) in [7, 11) is 0. The average molecular weight is 412 g/mol. The SMILES string of the molecule is CCOc1ccc(Oc2c(F)c(F)c(/C=C/C[NH+]3CCOCC3)c(F)c2F)cc1. The number of rotatable bonds is 7. The molecule has 8 heteroatoms. The quantitative estimate of drug-likeness (QED) is 0.559. The third-order valence-electron chi connectivity index (χ3n) is 4.50. The number of benzene rings is 2. The maximum atomic E-state index is 14.4. The van der Waals surface area contributed by atoms with Gasteiger partial charge in [-0.1, -0.05) is 0 Å². The highest BCUT2D eigenvalue weighted by molar-refractivity contribution is 5.54. The van der Waals surface area contributed by atoms with Crippen molar-refractivity contribution < 1.29 is 36.7 Å². The Morgan fingerprint density at radius 1 is 0.931 bits per heavy atom. The van der Waals surface area contributed by atoms with E-state index in [4.69, 9.17) is 14.2 Å². The summed E-state index contributed by atoms with van der Waals surface area (Å²) in [5.41, 5.74) is -0.772. The van der Waals surface area contributed by atoms with E-state index in [1.54, 1.807) is 6.92 Å². The van der Waals surface area contributed by atoms with E-state index in [0.717, 1.165) is 24.1 Å². The van der Waals surface area contributed by atoms with E-state index in [0.29, 0.717) is 32.1 Å². The van der Waals surface area contributed by atoms with Crippen LogP contribution < -0.4 is 14.4 Å². The van der Waals surface area contributed by atoms with Gasteiger partial charge in [-0.2, -0.15) is 8.78 Å². The van der Waals surface area contributed by atoms with Gasteiger partial charge in [0.05, 0.1) is 31.9 Å². The molecule has 1 fully saturated rings. The standard InChI is InChI=1S/C21H21F4NO3/c1-2-28-14-5-7-15(8-6-14)29-21-19(24)17(22)16(18(23)20(21)25)4-3-9-26-10-12-27-13-11-26/h3-8H,2,9-13H2,1H3/p+1/b4-3+. The first-order valence-electron chi connectivity index (χ1n) is 9.35. The van der Waals surface area contributed by atoms with Crippen molar-refractivity contribution in [3.05, 3.63) is 59.2 Å². The third-order valence-corrected chi connectivity index (χ3v) is 4.50. The van der Waals surface area contributed by atoms with Crippen LogP contribution in [0, 0.1) is 23.3 Å². The first-order valence-corrected chi connectivity index (χ1v) is 9.35. The predicted octanol–water partition coefficient (Wildman–Crippen LogP) is 3.36. The molecule has 0 aromatic heterocycles. The summed E-state index contributed by atoms with van der Waals surface area (Å²) in [4.78, 5) is 1.16. The highest BCUT2D eigenvalue weighted by Gasteiger charge is 2.26. The minimum absolute atomic E-state index is 0.0178. The number of quaternary nitrogens is 1. The van der Waals surface area contributed by atoms with Gasteiger partial charge in [0.15, 0.2) is 11.6 Å². The molecule has 1 saturated heterocycles. The molecule has 0 radical (unpaired) electrons. The van der Waals surface area contributed by atoms with Gasteiger partial charge >= 0.3 is 0 Å². The monoisotopic (exact) mass is 412 g/mol. The number of hydrogen-bond acceptors (Lipinski definition) is 3. The maximum absolute atomic E-state index is 14.4. The molecule has 1 aliphatic heterocycles. The number of halogens is 4. The number of ether oxygens (including phenoxy) is 3. The normalized spacial score (nSPS) is 15.1. The molecule has 3 rings (SSSR count). The summed E-state index contributed by atoms with van der Waals surface area (Å²) in [5, 5.41) is 0. The van der Waals surface area contributed by atoms with E-state index in [1.807, 2.05) is 0 Å². The van der Waals surface area contributed by atoms with Crippen LogP contribution in [0.1, 0.15) is 12.5 Å². The van der Waals surface area contributed by atoms with Crippen molar-refractivity contribution in [1.82, 2.24) is 0 Å². The summed E-state index contributed by atoms with van der Waals surface area (Å²) in [6, 6.07) is 5.82. The van der Waals surface area contributed by atoms with Crippen molar-refractivity contribution in [3.63, 3.8) is 0 Å². The zero-order valence-electron chi connectivity index (χ0n) is 15.9. The Hall–Kier alpha value is -2.58. The summed E-state index contributed by atoms with van der Waals surface area (Å²) in [6.07, 6.45) is 2.55. The Morgan fingerprint density at radius 3 is 2.10 bits per heavy atom. The largest absolute Gasteiger partial charge is 0.494 e. The zero-order valence-corrected chi connectivity index (χ0v) is 15.9. The maximum Gasteiger partial charge on any atom is 0.205 e. The van der Waals surface area contributed by atoms with Crippen molar-refractivity contribution >= 4 is 6.08 Å². The second-order valence-electron chi connectivity index (χ2n) is 6.47. The molecule has 0 aliphatic carbocycles. The molecular weight excluding hydrogens is 390 g/mol. The Bertz CT molecular complexity index is 836. The summed E-state index contributed by atoms with van der Waals surface area (Å²) >= 11 is 0. The molecule has 1 aliphatic rings. The first-order chi connectivity index (χ1) is 14.0. The molecule has 0 atom stereocenters. The minimum Gasteiger partial charge on any atom is -0.494 e.